The molecular weight excluding hydrogens is 206 g/mol. The number of pyridine rings is 1. The normalized spacial score (nSPS) is 10.6. The summed E-state index contributed by atoms with van der Waals surface area (Å²) in [4.78, 5) is 8.72. The summed E-state index contributed by atoms with van der Waals surface area (Å²) in [6, 6.07) is 4.10. The van der Waals surface area contributed by atoms with Crippen LogP contribution in [0.15, 0.2) is 29.7 Å². The minimum atomic E-state index is 0.990. The number of hydrogen-bond acceptors (Lipinski definition) is 3. The van der Waals surface area contributed by atoms with Crippen LogP contribution in [0.2, 0.25) is 0 Å². The molecule has 2 heterocycles. The maximum Gasteiger partial charge on any atom is 0.172 e. The van der Waals surface area contributed by atoms with E-state index in [1.54, 1.807) is 11.8 Å². The number of imidazole rings is 1. The molecule has 0 amide bonds. The molecule has 0 aliphatic heterocycles. The molecular formula is C11H13N3S. The second-order valence-corrected chi connectivity index (χ2v) is 4.11. The SMILES string of the molecule is CSc1nccn1-c1ccc(C)nc1C. The lowest BCUT2D eigenvalue weighted by atomic mass is 10.3. The van der Waals surface area contributed by atoms with Gasteiger partial charge in [0.15, 0.2) is 5.16 Å². The van der Waals surface area contributed by atoms with Crippen LogP contribution in [0.1, 0.15) is 11.4 Å². The maximum absolute atomic E-state index is 4.45. The largest absolute Gasteiger partial charge is 0.293 e. The van der Waals surface area contributed by atoms with Crippen LogP contribution in [0.25, 0.3) is 5.69 Å². The number of rotatable bonds is 2. The molecule has 0 unspecified atom stereocenters. The lowest BCUT2D eigenvalue weighted by Gasteiger charge is -2.08. The smallest absolute Gasteiger partial charge is 0.172 e. The summed E-state index contributed by atoms with van der Waals surface area (Å²) >= 11 is 1.63. The lowest BCUT2D eigenvalue weighted by Crippen LogP contribution is -2.00. The molecule has 0 saturated heterocycles. The molecule has 2 rings (SSSR count). The van der Waals surface area contributed by atoms with Gasteiger partial charge in [0.05, 0.1) is 11.4 Å². The van der Waals surface area contributed by atoms with Gasteiger partial charge in [-0.15, -0.1) is 0 Å². The Labute approximate surface area is 93.6 Å². The predicted octanol–water partition coefficient (Wildman–Crippen LogP) is 2.61. The zero-order valence-corrected chi connectivity index (χ0v) is 9.88. The summed E-state index contributed by atoms with van der Waals surface area (Å²) in [5.41, 5.74) is 3.17. The van der Waals surface area contributed by atoms with E-state index >= 15 is 0 Å². The van der Waals surface area contributed by atoms with Gasteiger partial charge in [-0.05, 0) is 32.2 Å². The molecule has 0 aromatic carbocycles. The van der Waals surface area contributed by atoms with Crippen molar-refractivity contribution in [3.8, 4) is 5.69 Å². The first-order valence-electron chi connectivity index (χ1n) is 4.74. The number of nitrogens with zero attached hydrogens (tertiary/aromatic N) is 3. The summed E-state index contributed by atoms with van der Waals surface area (Å²) in [6.45, 7) is 4.02. The summed E-state index contributed by atoms with van der Waals surface area (Å²) in [7, 11) is 0. The molecule has 0 spiro atoms. The standard InChI is InChI=1S/C11H13N3S/c1-8-4-5-10(9(2)13-8)14-7-6-12-11(14)15-3/h4-7H,1-3H3. The Kier molecular flexibility index (Phi) is 2.77. The third-order valence-corrected chi connectivity index (χ3v) is 2.91. The fourth-order valence-electron chi connectivity index (χ4n) is 1.56. The highest BCUT2D eigenvalue weighted by Gasteiger charge is 2.06. The van der Waals surface area contributed by atoms with E-state index < -0.39 is 0 Å². The van der Waals surface area contributed by atoms with E-state index in [4.69, 9.17) is 0 Å². The molecule has 2 aromatic rings. The average Bonchev–Trinajstić information content (AvgIpc) is 2.65. The minimum Gasteiger partial charge on any atom is -0.293 e. The second kappa shape index (κ2) is 4.06. The molecule has 78 valence electrons. The Bertz CT molecular complexity index is 476. The fraction of sp³-hybridized carbons (Fsp3) is 0.273. The Balaban J connectivity index is 2.54. The highest BCUT2D eigenvalue weighted by molar-refractivity contribution is 7.98. The topological polar surface area (TPSA) is 30.7 Å². The molecule has 0 fully saturated rings. The summed E-state index contributed by atoms with van der Waals surface area (Å²) < 4.78 is 2.06. The van der Waals surface area contributed by atoms with E-state index in [2.05, 4.69) is 20.6 Å². The molecule has 3 nitrogen and oxygen atoms in total. The van der Waals surface area contributed by atoms with Gasteiger partial charge in [-0.25, -0.2) is 4.98 Å². The van der Waals surface area contributed by atoms with E-state index in [0.717, 1.165) is 22.2 Å². The minimum absolute atomic E-state index is 0.990. The molecule has 0 radical (unpaired) electrons. The number of thioether (sulfide) groups is 1. The predicted molar refractivity (Wildman–Crippen MR) is 62.6 cm³/mol. The van der Waals surface area contributed by atoms with Crippen LogP contribution in [0.5, 0.6) is 0 Å². The zero-order chi connectivity index (χ0) is 10.8. The molecule has 0 N–H and O–H groups in total. The van der Waals surface area contributed by atoms with Gasteiger partial charge in [0.1, 0.15) is 0 Å². The van der Waals surface area contributed by atoms with Crippen LogP contribution in [0.4, 0.5) is 0 Å². The van der Waals surface area contributed by atoms with Crippen molar-refractivity contribution < 1.29 is 0 Å². The van der Waals surface area contributed by atoms with Crippen molar-refractivity contribution in [3.63, 3.8) is 0 Å². The summed E-state index contributed by atoms with van der Waals surface area (Å²) in [6.07, 6.45) is 5.80. The fourth-order valence-corrected chi connectivity index (χ4v) is 2.08. The summed E-state index contributed by atoms with van der Waals surface area (Å²) in [5, 5.41) is 0.990. The monoisotopic (exact) mass is 219 g/mol. The Hall–Kier alpha value is -1.29. The van der Waals surface area contributed by atoms with Crippen molar-refractivity contribution in [2.75, 3.05) is 6.26 Å². The molecule has 0 bridgehead atoms. The molecule has 4 heteroatoms. The maximum atomic E-state index is 4.45. The van der Waals surface area contributed by atoms with Gasteiger partial charge in [0, 0.05) is 18.1 Å². The Morgan fingerprint density at radius 3 is 2.73 bits per heavy atom. The highest BCUT2D eigenvalue weighted by atomic mass is 32.2. The molecule has 0 saturated carbocycles. The van der Waals surface area contributed by atoms with E-state index in [1.807, 2.05) is 38.6 Å². The first-order valence-corrected chi connectivity index (χ1v) is 5.97. The highest BCUT2D eigenvalue weighted by Crippen LogP contribution is 2.19. The number of aryl methyl sites for hydroxylation is 2. The van der Waals surface area contributed by atoms with Crippen molar-refractivity contribution in [1.29, 1.82) is 0 Å². The first-order chi connectivity index (χ1) is 7.22. The van der Waals surface area contributed by atoms with E-state index in [-0.39, 0.29) is 0 Å². The average molecular weight is 219 g/mol. The Morgan fingerprint density at radius 1 is 1.27 bits per heavy atom. The van der Waals surface area contributed by atoms with Crippen LogP contribution in [-0.2, 0) is 0 Å². The van der Waals surface area contributed by atoms with Crippen molar-refractivity contribution in [2.45, 2.75) is 19.0 Å². The number of aromatic nitrogens is 3. The van der Waals surface area contributed by atoms with Gasteiger partial charge in [-0.3, -0.25) is 9.55 Å². The number of hydrogen-bond donors (Lipinski definition) is 0. The van der Waals surface area contributed by atoms with E-state index in [9.17, 15) is 0 Å². The summed E-state index contributed by atoms with van der Waals surface area (Å²) in [5.74, 6) is 0. The van der Waals surface area contributed by atoms with Gasteiger partial charge in [0.2, 0.25) is 0 Å². The first kappa shape index (κ1) is 10.2. The van der Waals surface area contributed by atoms with Crippen molar-refractivity contribution in [3.05, 3.63) is 35.9 Å². The van der Waals surface area contributed by atoms with E-state index in [1.165, 1.54) is 0 Å². The Morgan fingerprint density at radius 2 is 2.07 bits per heavy atom. The van der Waals surface area contributed by atoms with Crippen LogP contribution >= 0.6 is 11.8 Å². The molecule has 2 aromatic heterocycles. The van der Waals surface area contributed by atoms with Crippen LogP contribution in [0, 0.1) is 13.8 Å². The van der Waals surface area contributed by atoms with Crippen molar-refractivity contribution in [1.82, 2.24) is 14.5 Å². The second-order valence-electron chi connectivity index (χ2n) is 3.34. The van der Waals surface area contributed by atoms with Gasteiger partial charge >= 0.3 is 0 Å². The molecule has 0 aliphatic rings. The van der Waals surface area contributed by atoms with Crippen molar-refractivity contribution in [2.24, 2.45) is 0 Å². The van der Waals surface area contributed by atoms with Crippen molar-refractivity contribution >= 4 is 11.8 Å². The van der Waals surface area contributed by atoms with Gasteiger partial charge in [-0.1, -0.05) is 11.8 Å². The molecule has 15 heavy (non-hydrogen) atoms. The zero-order valence-electron chi connectivity index (χ0n) is 9.06. The van der Waals surface area contributed by atoms with Gasteiger partial charge < -0.3 is 0 Å². The van der Waals surface area contributed by atoms with Crippen LogP contribution in [0.3, 0.4) is 0 Å². The third kappa shape index (κ3) is 1.90. The molecule has 0 atom stereocenters. The van der Waals surface area contributed by atoms with Crippen LogP contribution < -0.4 is 0 Å². The van der Waals surface area contributed by atoms with Crippen LogP contribution in [-0.4, -0.2) is 20.8 Å². The van der Waals surface area contributed by atoms with Gasteiger partial charge in [-0.2, -0.15) is 0 Å². The van der Waals surface area contributed by atoms with Gasteiger partial charge in [0.25, 0.3) is 0 Å². The lowest BCUT2D eigenvalue weighted by molar-refractivity contribution is 0.875. The third-order valence-electron chi connectivity index (χ3n) is 2.25. The van der Waals surface area contributed by atoms with E-state index in [0.29, 0.717) is 0 Å². The molecule has 0 aliphatic carbocycles. The quantitative estimate of drug-likeness (QED) is 0.727.